The molecule has 2 aromatic heterocycles. The van der Waals surface area contributed by atoms with Crippen LogP contribution in [0.15, 0.2) is 61.2 Å². The molecule has 0 radical (unpaired) electrons. The number of imide groups is 2. The van der Waals surface area contributed by atoms with Gasteiger partial charge in [0, 0.05) is 0 Å². The minimum absolute atomic E-state index is 0.107. The molecule has 0 saturated carbocycles. The molecular formula is C31H36N8O6. The molecule has 236 valence electrons. The summed E-state index contributed by atoms with van der Waals surface area (Å²) in [5.74, 6) is -1.06. The van der Waals surface area contributed by atoms with Crippen LogP contribution < -0.4 is 0 Å². The molecule has 2 aromatic carbocycles. The van der Waals surface area contributed by atoms with E-state index in [1.54, 1.807) is 49.5 Å². The number of benzene rings is 2. The van der Waals surface area contributed by atoms with Crippen LogP contribution in [0.5, 0.6) is 0 Å². The van der Waals surface area contributed by atoms with Crippen LogP contribution in [-0.4, -0.2) is 116 Å². The quantitative estimate of drug-likeness (QED) is 0.256. The molecule has 2 aliphatic heterocycles. The van der Waals surface area contributed by atoms with Crippen LogP contribution >= 0.6 is 0 Å². The Morgan fingerprint density at radius 3 is 1.40 bits per heavy atom. The highest BCUT2D eigenvalue weighted by atomic mass is 16.3. The third-order valence-corrected chi connectivity index (χ3v) is 8.75. The van der Waals surface area contributed by atoms with Crippen LogP contribution in [0.25, 0.3) is 22.1 Å². The Kier molecular flexibility index (Phi) is 7.36. The summed E-state index contributed by atoms with van der Waals surface area (Å²) in [5.41, 5.74) is 0.431. The Hall–Kier alpha value is -4.82. The van der Waals surface area contributed by atoms with Crippen molar-refractivity contribution in [2.24, 2.45) is 0 Å². The largest absolute Gasteiger partial charge is 0.389 e. The molecule has 14 nitrogen and oxygen atoms in total. The maximum absolute atomic E-state index is 13.6. The summed E-state index contributed by atoms with van der Waals surface area (Å²) in [6.45, 7) is 5.61. The number of aliphatic hydroxyl groups is 2. The number of rotatable bonds is 10. The third kappa shape index (κ3) is 5.09. The number of aromatic nitrogens is 4. The van der Waals surface area contributed by atoms with Crippen molar-refractivity contribution in [3.05, 3.63) is 61.2 Å². The van der Waals surface area contributed by atoms with Crippen LogP contribution in [0, 0.1) is 0 Å². The fourth-order valence-corrected chi connectivity index (χ4v) is 6.08. The van der Waals surface area contributed by atoms with Crippen molar-refractivity contribution in [1.82, 2.24) is 38.7 Å². The number of amides is 6. The second kappa shape index (κ2) is 11.0. The van der Waals surface area contributed by atoms with E-state index in [2.05, 4.69) is 9.97 Å². The monoisotopic (exact) mass is 616 g/mol. The molecule has 14 heteroatoms. The van der Waals surface area contributed by atoms with E-state index >= 15 is 0 Å². The van der Waals surface area contributed by atoms with E-state index in [0.29, 0.717) is 0 Å². The number of hydrogen-bond donors (Lipinski definition) is 2. The molecule has 4 aromatic rings. The highest BCUT2D eigenvalue weighted by Crippen LogP contribution is 2.33. The highest BCUT2D eigenvalue weighted by molar-refractivity contribution is 6.08. The lowest BCUT2D eigenvalue weighted by atomic mass is 10.0. The molecule has 2 N–H and O–H groups in total. The Balaban J connectivity index is 1.14. The first kappa shape index (κ1) is 30.2. The Bertz CT molecular complexity index is 1680. The van der Waals surface area contributed by atoms with Crippen molar-refractivity contribution in [3.63, 3.8) is 0 Å². The molecule has 0 spiro atoms. The van der Waals surface area contributed by atoms with Crippen molar-refractivity contribution in [3.8, 4) is 0 Å². The van der Waals surface area contributed by atoms with Crippen molar-refractivity contribution in [2.45, 2.75) is 64.1 Å². The number of para-hydroxylation sites is 4. The second-order valence-corrected chi connectivity index (χ2v) is 12.6. The Morgan fingerprint density at radius 2 is 1.00 bits per heavy atom. The zero-order chi connectivity index (χ0) is 32.3. The Morgan fingerprint density at radius 1 is 0.622 bits per heavy atom. The molecule has 2 atom stereocenters. The molecule has 45 heavy (non-hydrogen) atoms. The van der Waals surface area contributed by atoms with Gasteiger partial charge in [-0.3, -0.25) is 29.2 Å². The number of aliphatic hydroxyl groups excluding tert-OH is 2. The van der Waals surface area contributed by atoms with E-state index in [9.17, 15) is 29.4 Å². The van der Waals surface area contributed by atoms with E-state index in [0.717, 1.165) is 31.9 Å². The average Bonchev–Trinajstić information content (AvgIpc) is 3.68. The van der Waals surface area contributed by atoms with Crippen LogP contribution in [0.2, 0.25) is 0 Å². The number of fused-ring (bicyclic) bond motifs is 2. The predicted molar refractivity (Wildman–Crippen MR) is 162 cm³/mol. The highest BCUT2D eigenvalue weighted by Gasteiger charge is 2.57. The molecule has 2 saturated heterocycles. The molecule has 6 rings (SSSR count). The summed E-state index contributed by atoms with van der Waals surface area (Å²) < 4.78 is 3.51. The summed E-state index contributed by atoms with van der Waals surface area (Å²) in [5, 5.41) is 21.8. The Labute approximate surface area is 259 Å². The molecule has 2 fully saturated rings. The third-order valence-electron chi connectivity index (χ3n) is 8.75. The maximum Gasteiger partial charge on any atom is 0.329 e. The first-order chi connectivity index (χ1) is 21.3. The molecule has 4 heterocycles. The minimum atomic E-state index is -1.35. The van der Waals surface area contributed by atoms with Gasteiger partial charge in [0.25, 0.3) is 11.8 Å². The van der Waals surface area contributed by atoms with Gasteiger partial charge < -0.3 is 19.3 Å². The van der Waals surface area contributed by atoms with Gasteiger partial charge in [-0.2, -0.15) is 0 Å². The van der Waals surface area contributed by atoms with Gasteiger partial charge in [-0.05, 0) is 52.0 Å². The number of hydrogen-bond acceptors (Lipinski definition) is 8. The summed E-state index contributed by atoms with van der Waals surface area (Å²) in [6.07, 6.45) is 1.02. The van der Waals surface area contributed by atoms with Gasteiger partial charge in [0.15, 0.2) is 0 Å². The standard InChI is InChI=1S/C31H36N8O6/c1-30(2)26(42)36(15-20(40)13-34-17-32-22-9-5-7-11-24(22)34)28(44)38(30)19-39-29(45)37(27(43)31(39,3)4)16-21(41)14-35-18-33-23-10-6-8-12-25(23)35/h5-12,17-18,20-21,40-41H,13-16,19H2,1-4H3/t20-,21-/m0/s1. The maximum atomic E-state index is 13.6. The van der Waals surface area contributed by atoms with E-state index in [-0.39, 0.29) is 32.8 Å². The van der Waals surface area contributed by atoms with Crippen molar-refractivity contribution in [1.29, 1.82) is 0 Å². The number of nitrogens with zero attached hydrogens (tertiary/aromatic N) is 8. The van der Waals surface area contributed by atoms with Crippen LogP contribution in [0.3, 0.4) is 0 Å². The summed E-state index contributed by atoms with van der Waals surface area (Å²) in [4.78, 5) is 67.2. The first-order valence-corrected chi connectivity index (χ1v) is 14.7. The molecule has 6 amide bonds. The molecule has 0 bridgehead atoms. The first-order valence-electron chi connectivity index (χ1n) is 14.7. The predicted octanol–water partition coefficient (Wildman–Crippen LogP) is 1.85. The topological polar surface area (TPSA) is 157 Å². The second-order valence-electron chi connectivity index (χ2n) is 12.6. The van der Waals surface area contributed by atoms with Crippen LogP contribution in [0.4, 0.5) is 9.59 Å². The van der Waals surface area contributed by atoms with Gasteiger partial charge in [-0.15, -0.1) is 0 Å². The van der Waals surface area contributed by atoms with E-state index in [1.807, 2.05) is 48.5 Å². The molecular weight excluding hydrogens is 580 g/mol. The normalized spacial score (nSPS) is 19.5. The van der Waals surface area contributed by atoms with Crippen LogP contribution in [-0.2, 0) is 22.7 Å². The summed E-state index contributed by atoms with van der Waals surface area (Å²) >= 11 is 0. The lowest BCUT2D eigenvalue weighted by Gasteiger charge is -2.36. The fraction of sp³-hybridized carbons (Fsp3) is 0.419. The smallest absolute Gasteiger partial charge is 0.329 e. The fourth-order valence-electron chi connectivity index (χ4n) is 6.08. The zero-order valence-corrected chi connectivity index (χ0v) is 25.6. The number of carbonyl (C=O) groups is 4. The molecule has 2 aliphatic rings. The van der Waals surface area contributed by atoms with Gasteiger partial charge in [0.2, 0.25) is 0 Å². The van der Waals surface area contributed by atoms with E-state index in [1.165, 1.54) is 9.80 Å². The van der Waals surface area contributed by atoms with Gasteiger partial charge in [0.1, 0.15) is 17.7 Å². The number of imidazole rings is 2. The average molecular weight is 617 g/mol. The molecule has 0 aliphatic carbocycles. The van der Waals surface area contributed by atoms with Gasteiger partial charge >= 0.3 is 12.1 Å². The van der Waals surface area contributed by atoms with Crippen LogP contribution in [0.1, 0.15) is 27.7 Å². The summed E-state index contributed by atoms with van der Waals surface area (Å²) in [7, 11) is 0. The van der Waals surface area contributed by atoms with Crippen molar-refractivity contribution < 1.29 is 29.4 Å². The van der Waals surface area contributed by atoms with Gasteiger partial charge in [-0.25, -0.2) is 19.6 Å². The van der Waals surface area contributed by atoms with Gasteiger partial charge in [0.05, 0.1) is 73.1 Å². The van der Waals surface area contributed by atoms with E-state index < -0.39 is 47.2 Å². The van der Waals surface area contributed by atoms with Crippen molar-refractivity contribution >= 4 is 45.9 Å². The van der Waals surface area contributed by atoms with Crippen molar-refractivity contribution in [2.75, 3.05) is 19.8 Å². The van der Waals surface area contributed by atoms with E-state index in [4.69, 9.17) is 0 Å². The zero-order valence-electron chi connectivity index (χ0n) is 25.6. The summed E-state index contributed by atoms with van der Waals surface area (Å²) in [6, 6.07) is 13.5. The van der Waals surface area contributed by atoms with Gasteiger partial charge in [-0.1, -0.05) is 24.3 Å². The molecule has 0 unspecified atom stereocenters. The number of urea groups is 2. The minimum Gasteiger partial charge on any atom is -0.389 e. The lowest BCUT2D eigenvalue weighted by Crippen LogP contribution is -2.55. The SMILES string of the molecule is CC1(C)C(=O)N(C[C@@H](O)Cn2cnc3ccccc32)C(=O)N1CN1C(=O)N(C[C@@H](O)Cn2cnc3ccccc32)C(=O)C1(C)C. The lowest BCUT2D eigenvalue weighted by molar-refractivity contribution is -0.134. The number of β-amino-alcohol motifs (C(OH)–C–C–N with tert-alkyl or cyclic N) is 2. The number of carbonyl (C=O) groups excluding carboxylic acids is 4.